The zero-order valence-electron chi connectivity index (χ0n) is 8.71. The average molecular weight is 238 g/mol. The molecule has 1 aromatic heterocycles. The zero-order chi connectivity index (χ0) is 10.7. The van der Waals surface area contributed by atoms with Gasteiger partial charge in [0, 0.05) is 11.8 Å². The average Bonchev–Trinajstić information content (AvgIpc) is 2.22. The summed E-state index contributed by atoms with van der Waals surface area (Å²) < 4.78 is 0. The van der Waals surface area contributed by atoms with Crippen molar-refractivity contribution in [2.75, 3.05) is 5.32 Å². The third-order valence-electron chi connectivity index (χ3n) is 1.97. The van der Waals surface area contributed by atoms with E-state index in [2.05, 4.69) is 15.3 Å². The fourth-order valence-corrected chi connectivity index (χ4v) is 1.24. The van der Waals surface area contributed by atoms with Crippen LogP contribution in [0.4, 0.5) is 11.5 Å². The second-order valence-corrected chi connectivity index (χ2v) is 3.19. The van der Waals surface area contributed by atoms with Crippen LogP contribution in [0.25, 0.3) is 0 Å². The smallest absolute Gasteiger partial charge is 0.139 e. The van der Waals surface area contributed by atoms with E-state index < -0.39 is 0 Å². The quantitative estimate of drug-likeness (QED) is 0.789. The lowest BCUT2D eigenvalue weighted by Gasteiger charge is -2.06. The number of para-hydroxylation sites is 2. The largest absolute Gasteiger partial charge is 0.506 e. The number of rotatable bonds is 2. The van der Waals surface area contributed by atoms with Gasteiger partial charge in [0.25, 0.3) is 0 Å². The van der Waals surface area contributed by atoms with E-state index in [1.807, 2.05) is 19.1 Å². The summed E-state index contributed by atoms with van der Waals surface area (Å²) in [6, 6.07) is 8.83. The summed E-state index contributed by atoms with van der Waals surface area (Å²) in [5.41, 5.74) is 1.51. The van der Waals surface area contributed by atoms with Crippen LogP contribution in [0.3, 0.4) is 0 Å². The summed E-state index contributed by atoms with van der Waals surface area (Å²) in [5, 5.41) is 12.5. The van der Waals surface area contributed by atoms with Gasteiger partial charge in [-0.2, -0.15) is 0 Å². The molecule has 1 heterocycles. The third-order valence-corrected chi connectivity index (χ3v) is 1.97. The van der Waals surface area contributed by atoms with E-state index >= 15 is 0 Å². The fourth-order valence-electron chi connectivity index (χ4n) is 1.24. The van der Waals surface area contributed by atoms with Gasteiger partial charge in [0.05, 0.1) is 5.69 Å². The Labute approximate surface area is 99.8 Å². The van der Waals surface area contributed by atoms with Crippen LogP contribution in [-0.4, -0.2) is 15.1 Å². The number of phenolic OH excluding ortho intramolecular Hbond substituents is 1. The highest BCUT2D eigenvalue weighted by Gasteiger charge is 2.00. The molecule has 0 spiro atoms. The van der Waals surface area contributed by atoms with Crippen LogP contribution in [0.1, 0.15) is 5.69 Å². The number of nitrogens with zero attached hydrogens (tertiary/aromatic N) is 2. The molecule has 4 nitrogen and oxygen atoms in total. The lowest BCUT2D eigenvalue weighted by atomic mass is 10.3. The van der Waals surface area contributed by atoms with E-state index in [1.165, 1.54) is 6.33 Å². The number of halogens is 1. The van der Waals surface area contributed by atoms with Crippen molar-refractivity contribution in [3.63, 3.8) is 0 Å². The van der Waals surface area contributed by atoms with Crippen LogP contribution in [0.15, 0.2) is 36.7 Å². The molecule has 0 radical (unpaired) electrons. The summed E-state index contributed by atoms with van der Waals surface area (Å²) in [6.07, 6.45) is 1.48. The molecule has 0 bridgehead atoms. The normalized spacial score (nSPS) is 9.31. The number of benzene rings is 1. The van der Waals surface area contributed by atoms with E-state index in [1.54, 1.807) is 18.2 Å². The SMILES string of the molecule is Cc1cc(Nc2ccccc2O)ncn1.Cl. The number of hydrogen-bond acceptors (Lipinski definition) is 4. The van der Waals surface area contributed by atoms with Crippen molar-refractivity contribution < 1.29 is 5.11 Å². The van der Waals surface area contributed by atoms with Crippen molar-refractivity contribution in [1.29, 1.82) is 0 Å². The van der Waals surface area contributed by atoms with E-state index in [9.17, 15) is 5.11 Å². The van der Waals surface area contributed by atoms with Gasteiger partial charge in [0.2, 0.25) is 0 Å². The molecular weight excluding hydrogens is 226 g/mol. The zero-order valence-corrected chi connectivity index (χ0v) is 9.53. The van der Waals surface area contributed by atoms with Crippen LogP contribution in [0, 0.1) is 6.92 Å². The number of nitrogens with one attached hydrogen (secondary N) is 1. The molecule has 1 aromatic carbocycles. The van der Waals surface area contributed by atoms with Crippen molar-refractivity contribution in [3.05, 3.63) is 42.4 Å². The number of anilines is 2. The minimum Gasteiger partial charge on any atom is -0.506 e. The van der Waals surface area contributed by atoms with Crippen LogP contribution >= 0.6 is 12.4 Å². The highest BCUT2D eigenvalue weighted by Crippen LogP contribution is 2.24. The standard InChI is InChI=1S/C11H11N3O.ClH/c1-8-6-11(13-7-12-8)14-9-4-2-3-5-10(9)15;/h2-7,15H,1H3,(H,12,13,14);1H. The number of hydrogen-bond donors (Lipinski definition) is 2. The minimum atomic E-state index is 0. The van der Waals surface area contributed by atoms with E-state index in [0.717, 1.165) is 5.69 Å². The van der Waals surface area contributed by atoms with Crippen molar-refractivity contribution in [2.24, 2.45) is 0 Å². The van der Waals surface area contributed by atoms with Gasteiger partial charge in [-0.1, -0.05) is 12.1 Å². The summed E-state index contributed by atoms with van der Waals surface area (Å²) in [4.78, 5) is 8.03. The predicted molar refractivity (Wildman–Crippen MR) is 65.4 cm³/mol. The highest BCUT2D eigenvalue weighted by atomic mass is 35.5. The first-order chi connectivity index (χ1) is 7.25. The van der Waals surface area contributed by atoms with Gasteiger partial charge in [-0.3, -0.25) is 0 Å². The van der Waals surface area contributed by atoms with Crippen molar-refractivity contribution in [2.45, 2.75) is 6.92 Å². The molecular formula is C11H12ClN3O. The first-order valence-corrected chi connectivity index (χ1v) is 4.59. The first-order valence-electron chi connectivity index (χ1n) is 4.59. The maximum absolute atomic E-state index is 9.54. The lowest BCUT2D eigenvalue weighted by molar-refractivity contribution is 0.477. The molecule has 0 atom stereocenters. The molecule has 16 heavy (non-hydrogen) atoms. The maximum atomic E-state index is 9.54. The Morgan fingerprint density at radius 3 is 2.62 bits per heavy atom. The summed E-state index contributed by atoms with van der Waals surface area (Å²) in [6.45, 7) is 1.89. The van der Waals surface area contributed by atoms with Crippen molar-refractivity contribution >= 4 is 23.9 Å². The lowest BCUT2D eigenvalue weighted by Crippen LogP contribution is -1.95. The third kappa shape index (κ3) is 2.84. The minimum absolute atomic E-state index is 0. The van der Waals surface area contributed by atoms with Crippen LogP contribution < -0.4 is 5.32 Å². The number of phenols is 1. The molecule has 0 aliphatic carbocycles. The molecule has 0 aliphatic heterocycles. The van der Waals surface area contributed by atoms with Gasteiger partial charge in [-0.25, -0.2) is 9.97 Å². The Hall–Kier alpha value is -1.81. The highest BCUT2D eigenvalue weighted by molar-refractivity contribution is 5.85. The van der Waals surface area contributed by atoms with Gasteiger partial charge in [0.15, 0.2) is 0 Å². The Morgan fingerprint density at radius 1 is 1.19 bits per heavy atom. The van der Waals surface area contributed by atoms with Crippen LogP contribution in [-0.2, 0) is 0 Å². The Morgan fingerprint density at radius 2 is 1.94 bits per heavy atom. The van der Waals surface area contributed by atoms with Crippen LogP contribution in [0.2, 0.25) is 0 Å². The molecule has 0 fully saturated rings. The Bertz CT molecular complexity index is 476. The monoisotopic (exact) mass is 237 g/mol. The van der Waals surface area contributed by atoms with Crippen molar-refractivity contribution in [3.8, 4) is 5.75 Å². The molecule has 0 unspecified atom stereocenters. The molecule has 5 heteroatoms. The molecule has 84 valence electrons. The van der Waals surface area contributed by atoms with Gasteiger partial charge in [-0.05, 0) is 19.1 Å². The van der Waals surface area contributed by atoms with E-state index in [0.29, 0.717) is 11.5 Å². The predicted octanol–water partition coefficient (Wildman–Crippen LogP) is 2.66. The Balaban J connectivity index is 0.00000128. The second kappa shape index (κ2) is 5.32. The topological polar surface area (TPSA) is 58.0 Å². The van der Waals surface area contributed by atoms with E-state index in [4.69, 9.17) is 0 Å². The fraction of sp³-hybridized carbons (Fsp3) is 0.0909. The molecule has 2 rings (SSSR count). The van der Waals surface area contributed by atoms with Gasteiger partial charge in [0.1, 0.15) is 17.9 Å². The van der Waals surface area contributed by atoms with Crippen LogP contribution in [0.5, 0.6) is 5.75 Å². The number of aromatic hydroxyl groups is 1. The van der Waals surface area contributed by atoms with Crippen molar-refractivity contribution in [1.82, 2.24) is 9.97 Å². The summed E-state index contributed by atoms with van der Waals surface area (Å²) in [7, 11) is 0. The number of aryl methyl sites for hydroxylation is 1. The summed E-state index contributed by atoms with van der Waals surface area (Å²) in [5.74, 6) is 0.873. The molecule has 2 aromatic rings. The first kappa shape index (κ1) is 12.3. The maximum Gasteiger partial charge on any atom is 0.139 e. The molecule has 0 amide bonds. The van der Waals surface area contributed by atoms with Gasteiger partial charge < -0.3 is 10.4 Å². The second-order valence-electron chi connectivity index (χ2n) is 3.19. The van der Waals surface area contributed by atoms with Gasteiger partial charge >= 0.3 is 0 Å². The molecule has 0 saturated carbocycles. The van der Waals surface area contributed by atoms with Gasteiger partial charge in [-0.15, -0.1) is 12.4 Å². The molecule has 2 N–H and O–H groups in total. The molecule has 0 aliphatic rings. The number of aromatic nitrogens is 2. The summed E-state index contributed by atoms with van der Waals surface area (Å²) >= 11 is 0. The molecule has 0 saturated heterocycles. The van der Waals surface area contributed by atoms with E-state index in [-0.39, 0.29) is 18.2 Å². The Kier molecular flexibility index (Phi) is 4.08.